The van der Waals surface area contributed by atoms with Crippen LogP contribution in [0.4, 0.5) is 0 Å². The van der Waals surface area contributed by atoms with Crippen LogP contribution >= 0.6 is 0 Å². The third-order valence-corrected chi connectivity index (χ3v) is 5.86. The van der Waals surface area contributed by atoms with Gasteiger partial charge in [0.2, 0.25) is 0 Å². The molecule has 5 heteroatoms. The second kappa shape index (κ2) is 7.87. The first-order valence-electron chi connectivity index (χ1n) is 9.86. The van der Waals surface area contributed by atoms with Crippen LogP contribution in [0.5, 0.6) is 5.75 Å². The third-order valence-electron chi connectivity index (χ3n) is 5.86. The third kappa shape index (κ3) is 4.60. The second-order valence-electron chi connectivity index (χ2n) is 8.02. The number of benzene rings is 2. The van der Waals surface area contributed by atoms with E-state index in [0.717, 1.165) is 37.6 Å². The molecule has 2 aliphatic rings. The van der Waals surface area contributed by atoms with E-state index in [9.17, 15) is 4.79 Å². The number of nitrogens with one attached hydrogen (secondary N) is 1. The Morgan fingerprint density at radius 2 is 1.93 bits per heavy atom. The maximum atomic E-state index is 11.1. The van der Waals surface area contributed by atoms with Crippen molar-refractivity contribution in [2.45, 2.75) is 44.3 Å². The minimum Gasteiger partial charge on any atom is -0.497 e. The van der Waals surface area contributed by atoms with Crippen molar-refractivity contribution >= 4 is 16.7 Å². The van der Waals surface area contributed by atoms with Gasteiger partial charge in [0.15, 0.2) is 0 Å². The van der Waals surface area contributed by atoms with E-state index in [1.54, 1.807) is 7.11 Å². The summed E-state index contributed by atoms with van der Waals surface area (Å²) in [6.07, 6.45) is 4.62. The second-order valence-corrected chi connectivity index (χ2v) is 8.02. The molecule has 0 radical (unpaired) electrons. The minimum atomic E-state index is -0.708. The van der Waals surface area contributed by atoms with E-state index >= 15 is 0 Å². The molecule has 0 saturated heterocycles. The van der Waals surface area contributed by atoms with Gasteiger partial charge >= 0.3 is 5.97 Å². The van der Waals surface area contributed by atoms with E-state index in [2.05, 4.69) is 40.5 Å². The van der Waals surface area contributed by atoms with Crippen molar-refractivity contribution in [2.75, 3.05) is 20.2 Å². The first-order valence-corrected chi connectivity index (χ1v) is 9.86. The lowest BCUT2D eigenvalue weighted by molar-refractivity contribution is -0.139. The molecule has 4 rings (SSSR count). The van der Waals surface area contributed by atoms with Gasteiger partial charge in [-0.25, -0.2) is 0 Å². The van der Waals surface area contributed by atoms with Crippen LogP contribution in [0, 0.1) is 5.92 Å². The Bertz CT molecular complexity index is 812. The van der Waals surface area contributed by atoms with E-state index in [1.807, 2.05) is 6.07 Å². The fraction of sp³-hybridized carbons (Fsp3) is 0.500. The molecule has 0 amide bonds. The lowest BCUT2D eigenvalue weighted by Crippen LogP contribution is -2.54. The molecule has 2 aromatic carbocycles. The van der Waals surface area contributed by atoms with Gasteiger partial charge in [-0.15, -0.1) is 0 Å². The molecule has 0 heterocycles. The summed E-state index contributed by atoms with van der Waals surface area (Å²) in [5.74, 6) is 0.901. The van der Waals surface area contributed by atoms with E-state index < -0.39 is 5.97 Å². The molecular formula is C22H28N2O3. The number of fused-ring (bicyclic) bond motifs is 1. The van der Waals surface area contributed by atoms with Gasteiger partial charge in [-0.05, 0) is 66.1 Å². The van der Waals surface area contributed by atoms with E-state index in [4.69, 9.17) is 9.84 Å². The topological polar surface area (TPSA) is 61.8 Å². The number of carboxylic acid groups (broad SMARTS) is 1. The quantitative estimate of drug-likeness (QED) is 0.711. The van der Waals surface area contributed by atoms with Crippen molar-refractivity contribution in [3.63, 3.8) is 0 Å². The zero-order chi connectivity index (χ0) is 18.8. The Morgan fingerprint density at radius 3 is 2.63 bits per heavy atom. The van der Waals surface area contributed by atoms with E-state index in [-0.39, 0.29) is 6.54 Å². The standard InChI is InChI=1S/C22H28N2O3/c1-27-21-7-6-17-8-16(4-5-18(17)9-21)12-23-19-10-20(11-19)24(14-22(25)26)13-15-2-3-15/h4-9,15,19-20,23H,2-3,10-14H2,1H3,(H,25,26). The molecule has 144 valence electrons. The monoisotopic (exact) mass is 368 g/mol. The van der Waals surface area contributed by atoms with Gasteiger partial charge in [-0.1, -0.05) is 18.2 Å². The van der Waals surface area contributed by atoms with E-state index in [1.165, 1.54) is 29.2 Å². The van der Waals surface area contributed by atoms with Crippen molar-refractivity contribution in [2.24, 2.45) is 5.92 Å². The van der Waals surface area contributed by atoms with Crippen LogP contribution < -0.4 is 10.1 Å². The first-order chi connectivity index (χ1) is 13.1. The number of ether oxygens (including phenoxy) is 1. The predicted molar refractivity (Wildman–Crippen MR) is 106 cm³/mol. The van der Waals surface area contributed by atoms with Crippen LogP contribution in [0.2, 0.25) is 0 Å². The highest BCUT2D eigenvalue weighted by Crippen LogP contribution is 2.34. The van der Waals surface area contributed by atoms with Crippen LogP contribution in [-0.2, 0) is 11.3 Å². The van der Waals surface area contributed by atoms with Crippen molar-refractivity contribution in [1.29, 1.82) is 0 Å². The highest BCUT2D eigenvalue weighted by Gasteiger charge is 2.36. The largest absolute Gasteiger partial charge is 0.497 e. The molecule has 0 aliphatic heterocycles. The lowest BCUT2D eigenvalue weighted by atomic mass is 9.85. The molecule has 2 N–H and O–H groups in total. The number of rotatable bonds is 9. The fourth-order valence-electron chi connectivity index (χ4n) is 3.97. The summed E-state index contributed by atoms with van der Waals surface area (Å²) in [7, 11) is 1.69. The summed E-state index contributed by atoms with van der Waals surface area (Å²) >= 11 is 0. The highest BCUT2D eigenvalue weighted by molar-refractivity contribution is 5.84. The molecule has 27 heavy (non-hydrogen) atoms. The molecule has 0 aromatic heterocycles. The number of aliphatic carboxylic acids is 1. The summed E-state index contributed by atoms with van der Waals surface area (Å²) in [6, 6.07) is 13.6. The van der Waals surface area contributed by atoms with Crippen molar-refractivity contribution in [3.05, 3.63) is 42.0 Å². The minimum absolute atomic E-state index is 0.183. The Labute approximate surface area is 160 Å². The molecule has 2 aliphatic carbocycles. The molecule has 0 spiro atoms. The number of hydrogen-bond acceptors (Lipinski definition) is 4. The van der Waals surface area contributed by atoms with Gasteiger partial charge < -0.3 is 15.2 Å². The Balaban J connectivity index is 1.28. The zero-order valence-corrected chi connectivity index (χ0v) is 15.9. The first kappa shape index (κ1) is 18.3. The molecule has 2 aromatic rings. The average Bonchev–Trinajstić information content (AvgIpc) is 3.43. The number of carboxylic acids is 1. The van der Waals surface area contributed by atoms with Crippen LogP contribution in [0.1, 0.15) is 31.2 Å². The highest BCUT2D eigenvalue weighted by atomic mass is 16.5. The van der Waals surface area contributed by atoms with Gasteiger partial charge in [-0.3, -0.25) is 9.69 Å². The van der Waals surface area contributed by atoms with Crippen LogP contribution in [0.25, 0.3) is 10.8 Å². The summed E-state index contributed by atoms with van der Waals surface area (Å²) in [5, 5.41) is 15.2. The summed E-state index contributed by atoms with van der Waals surface area (Å²) in [4.78, 5) is 13.3. The Hall–Kier alpha value is -2.11. The predicted octanol–water partition coefficient (Wildman–Crippen LogP) is 3.27. The summed E-state index contributed by atoms with van der Waals surface area (Å²) < 4.78 is 5.28. The van der Waals surface area contributed by atoms with Gasteiger partial charge in [0.1, 0.15) is 5.75 Å². The summed E-state index contributed by atoms with van der Waals surface area (Å²) in [6.45, 7) is 1.99. The average molecular weight is 368 g/mol. The number of methoxy groups -OCH3 is 1. The summed E-state index contributed by atoms with van der Waals surface area (Å²) in [5.41, 5.74) is 1.27. The van der Waals surface area contributed by atoms with Crippen LogP contribution in [0.15, 0.2) is 36.4 Å². The number of hydrogen-bond donors (Lipinski definition) is 2. The molecule has 0 unspecified atom stereocenters. The maximum absolute atomic E-state index is 11.1. The fourth-order valence-corrected chi connectivity index (χ4v) is 3.97. The molecular weight excluding hydrogens is 340 g/mol. The number of nitrogens with zero attached hydrogens (tertiary/aromatic N) is 1. The van der Waals surface area contributed by atoms with Gasteiger partial charge in [-0.2, -0.15) is 0 Å². The van der Waals surface area contributed by atoms with Gasteiger partial charge in [0.25, 0.3) is 0 Å². The lowest BCUT2D eigenvalue weighted by Gasteiger charge is -2.43. The normalized spacial score (nSPS) is 22.0. The maximum Gasteiger partial charge on any atom is 0.317 e. The Kier molecular flexibility index (Phi) is 5.32. The number of carbonyl (C=O) groups is 1. The van der Waals surface area contributed by atoms with Gasteiger partial charge in [0, 0.05) is 25.2 Å². The Morgan fingerprint density at radius 1 is 1.19 bits per heavy atom. The van der Waals surface area contributed by atoms with Gasteiger partial charge in [0.05, 0.1) is 13.7 Å². The van der Waals surface area contributed by atoms with Crippen LogP contribution in [0.3, 0.4) is 0 Å². The smallest absolute Gasteiger partial charge is 0.317 e. The molecule has 0 atom stereocenters. The molecule has 5 nitrogen and oxygen atoms in total. The SMILES string of the molecule is COc1ccc2cc(CNC3CC(N(CC(=O)O)CC4CC4)C3)ccc2c1. The molecule has 0 bridgehead atoms. The zero-order valence-electron chi connectivity index (χ0n) is 15.9. The van der Waals surface area contributed by atoms with Crippen molar-refractivity contribution in [1.82, 2.24) is 10.2 Å². The van der Waals surface area contributed by atoms with Crippen LogP contribution in [-0.4, -0.2) is 48.3 Å². The molecule has 2 saturated carbocycles. The van der Waals surface area contributed by atoms with Crippen molar-refractivity contribution in [3.8, 4) is 5.75 Å². The molecule has 2 fully saturated rings. The van der Waals surface area contributed by atoms with E-state index in [0.29, 0.717) is 12.1 Å². The van der Waals surface area contributed by atoms with Crippen molar-refractivity contribution < 1.29 is 14.6 Å².